The van der Waals surface area contributed by atoms with Crippen LogP contribution in [-0.2, 0) is 0 Å². The smallest absolute Gasteiger partial charge is 0.126 e. The molecule has 0 saturated heterocycles. The molecular weight excluding hydrogens is 224 g/mol. The van der Waals surface area contributed by atoms with Gasteiger partial charge in [0.15, 0.2) is 0 Å². The van der Waals surface area contributed by atoms with Crippen LogP contribution in [0.25, 0.3) is 0 Å². The van der Waals surface area contributed by atoms with Crippen LogP contribution in [0.1, 0.15) is 38.4 Å². The molecule has 2 atom stereocenters. The zero-order valence-electron chi connectivity index (χ0n) is 10.0. The lowest BCUT2D eigenvalue weighted by Crippen LogP contribution is -2.05. The molecule has 0 aliphatic rings. The molecule has 1 aromatic carbocycles. The SMILES string of the molecule is CCC(C)CC(O)c1ccc(Cl)cc1OC. The summed E-state index contributed by atoms with van der Waals surface area (Å²) >= 11 is 5.87. The van der Waals surface area contributed by atoms with Gasteiger partial charge in [-0.25, -0.2) is 0 Å². The summed E-state index contributed by atoms with van der Waals surface area (Å²) in [5.41, 5.74) is 0.812. The summed E-state index contributed by atoms with van der Waals surface area (Å²) in [5.74, 6) is 1.15. The Kier molecular flexibility index (Phi) is 5.10. The molecule has 1 aromatic rings. The molecule has 0 fully saturated rings. The van der Waals surface area contributed by atoms with E-state index in [0.29, 0.717) is 16.7 Å². The van der Waals surface area contributed by atoms with Crippen molar-refractivity contribution in [2.75, 3.05) is 7.11 Å². The van der Waals surface area contributed by atoms with Crippen molar-refractivity contribution in [1.82, 2.24) is 0 Å². The average molecular weight is 243 g/mol. The van der Waals surface area contributed by atoms with E-state index in [4.69, 9.17) is 16.3 Å². The molecular formula is C13H19ClO2. The highest BCUT2D eigenvalue weighted by Crippen LogP contribution is 2.32. The van der Waals surface area contributed by atoms with E-state index in [2.05, 4.69) is 13.8 Å². The van der Waals surface area contributed by atoms with Gasteiger partial charge in [0.2, 0.25) is 0 Å². The molecule has 3 heteroatoms. The number of hydrogen-bond donors (Lipinski definition) is 1. The maximum Gasteiger partial charge on any atom is 0.126 e. The van der Waals surface area contributed by atoms with Crippen molar-refractivity contribution in [1.29, 1.82) is 0 Å². The van der Waals surface area contributed by atoms with Crippen LogP contribution in [0.3, 0.4) is 0 Å². The topological polar surface area (TPSA) is 29.5 Å². The predicted molar refractivity (Wildman–Crippen MR) is 67.0 cm³/mol. The second-order valence-electron chi connectivity index (χ2n) is 4.15. The molecule has 0 aromatic heterocycles. The summed E-state index contributed by atoms with van der Waals surface area (Å²) in [5, 5.41) is 10.7. The van der Waals surface area contributed by atoms with Gasteiger partial charge in [0.1, 0.15) is 5.75 Å². The average Bonchev–Trinajstić information content (AvgIpc) is 2.28. The highest BCUT2D eigenvalue weighted by atomic mass is 35.5. The van der Waals surface area contributed by atoms with Gasteiger partial charge in [-0.15, -0.1) is 0 Å². The third-order valence-corrected chi connectivity index (χ3v) is 3.11. The molecule has 2 unspecified atom stereocenters. The van der Waals surface area contributed by atoms with Crippen molar-refractivity contribution in [2.24, 2.45) is 5.92 Å². The van der Waals surface area contributed by atoms with Gasteiger partial charge < -0.3 is 9.84 Å². The second-order valence-corrected chi connectivity index (χ2v) is 4.59. The molecule has 0 bridgehead atoms. The summed E-state index contributed by atoms with van der Waals surface area (Å²) in [6.45, 7) is 4.25. The molecule has 0 spiro atoms. The Balaban J connectivity index is 2.85. The zero-order chi connectivity index (χ0) is 12.1. The molecule has 0 aliphatic heterocycles. The van der Waals surface area contributed by atoms with Crippen molar-refractivity contribution in [3.63, 3.8) is 0 Å². The highest BCUT2D eigenvalue weighted by molar-refractivity contribution is 6.30. The number of aliphatic hydroxyl groups is 1. The van der Waals surface area contributed by atoms with E-state index < -0.39 is 6.10 Å². The van der Waals surface area contributed by atoms with Crippen LogP contribution in [0, 0.1) is 5.92 Å². The van der Waals surface area contributed by atoms with Crippen LogP contribution in [-0.4, -0.2) is 12.2 Å². The van der Waals surface area contributed by atoms with Crippen LogP contribution in [0.4, 0.5) is 0 Å². The van der Waals surface area contributed by atoms with Gasteiger partial charge in [-0.1, -0.05) is 37.9 Å². The Morgan fingerprint density at radius 3 is 2.69 bits per heavy atom. The minimum Gasteiger partial charge on any atom is -0.496 e. The normalized spacial score (nSPS) is 14.6. The molecule has 2 nitrogen and oxygen atoms in total. The Morgan fingerprint density at radius 2 is 2.12 bits per heavy atom. The van der Waals surface area contributed by atoms with E-state index in [1.165, 1.54) is 0 Å². The van der Waals surface area contributed by atoms with Gasteiger partial charge in [0, 0.05) is 10.6 Å². The van der Waals surface area contributed by atoms with Crippen molar-refractivity contribution in [2.45, 2.75) is 32.8 Å². The minimum absolute atomic E-state index is 0.484. The summed E-state index contributed by atoms with van der Waals surface area (Å²) < 4.78 is 5.22. The first-order valence-electron chi connectivity index (χ1n) is 5.60. The molecule has 16 heavy (non-hydrogen) atoms. The molecule has 1 rings (SSSR count). The van der Waals surface area contributed by atoms with E-state index in [0.717, 1.165) is 18.4 Å². The lowest BCUT2D eigenvalue weighted by molar-refractivity contribution is 0.143. The van der Waals surface area contributed by atoms with Crippen LogP contribution in [0.15, 0.2) is 18.2 Å². The first-order chi connectivity index (χ1) is 7.58. The third kappa shape index (κ3) is 3.39. The Bertz CT molecular complexity index is 339. The minimum atomic E-state index is -0.484. The fourth-order valence-electron chi connectivity index (χ4n) is 1.64. The van der Waals surface area contributed by atoms with Gasteiger partial charge in [-0.3, -0.25) is 0 Å². The number of aliphatic hydroxyl groups excluding tert-OH is 1. The largest absolute Gasteiger partial charge is 0.496 e. The van der Waals surface area contributed by atoms with E-state index in [1.807, 2.05) is 6.07 Å². The summed E-state index contributed by atoms with van der Waals surface area (Å²) in [6, 6.07) is 5.34. The van der Waals surface area contributed by atoms with E-state index >= 15 is 0 Å². The molecule has 0 saturated carbocycles. The van der Waals surface area contributed by atoms with Crippen LogP contribution in [0.2, 0.25) is 5.02 Å². The van der Waals surface area contributed by atoms with Gasteiger partial charge in [0.05, 0.1) is 13.2 Å². The first kappa shape index (κ1) is 13.3. The maximum absolute atomic E-state index is 10.1. The Morgan fingerprint density at radius 1 is 1.44 bits per heavy atom. The standard InChI is InChI=1S/C13H19ClO2/c1-4-9(2)7-12(15)11-6-5-10(14)8-13(11)16-3/h5-6,8-9,12,15H,4,7H2,1-3H3. The number of methoxy groups -OCH3 is 1. The Labute approximate surface area is 102 Å². The quantitative estimate of drug-likeness (QED) is 0.851. The molecule has 0 radical (unpaired) electrons. The van der Waals surface area contributed by atoms with Crippen molar-refractivity contribution < 1.29 is 9.84 Å². The first-order valence-corrected chi connectivity index (χ1v) is 5.97. The molecule has 90 valence electrons. The zero-order valence-corrected chi connectivity index (χ0v) is 10.8. The number of benzene rings is 1. The summed E-state index contributed by atoms with van der Waals surface area (Å²) in [6.07, 6.45) is 1.32. The van der Waals surface area contributed by atoms with E-state index in [1.54, 1.807) is 19.2 Å². The van der Waals surface area contributed by atoms with Gasteiger partial charge in [-0.05, 0) is 24.5 Å². The van der Waals surface area contributed by atoms with E-state index in [9.17, 15) is 5.11 Å². The molecule has 1 N–H and O–H groups in total. The van der Waals surface area contributed by atoms with Crippen LogP contribution < -0.4 is 4.74 Å². The van der Waals surface area contributed by atoms with Crippen molar-refractivity contribution in [3.8, 4) is 5.75 Å². The van der Waals surface area contributed by atoms with Crippen molar-refractivity contribution in [3.05, 3.63) is 28.8 Å². The van der Waals surface area contributed by atoms with Gasteiger partial charge in [-0.2, -0.15) is 0 Å². The monoisotopic (exact) mass is 242 g/mol. The highest BCUT2D eigenvalue weighted by Gasteiger charge is 2.15. The fourth-order valence-corrected chi connectivity index (χ4v) is 1.80. The lowest BCUT2D eigenvalue weighted by Gasteiger charge is -2.18. The van der Waals surface area contributed by atoms with Gasteiger partial charge >= 0.3 is 0 Å². The van der Waals surface area contributed by atoms with Crippen LogP contribution in [0.5, 0.6) is 5.75 Å². The summed E-state index contributed by atoms with van der Waals surface area (Å²) in [4.78, 5) is 0. The number of ether oxygens (including phenoxy) is 1. The molecule has 0 heterocycles. The predicted octanol–water partition coefficient (Wildman–Crippen LogP) is 3.82. The van der Waals surface area contributed by atoms with Crippen LogP contribution >= 0.6 is 11.6 Å². The lowest BCUT2D eigenvalue weighted by atomic mass is 9.96. The molecule has 0 amide bonds. The second kappa shape index (κ2) is 6.12. The van der Waals surface area contributed by atoms with Crippen molar-refractivity contribution >= 4 is 11.6 Å². The molecule has 0 aliphatic carbocycles. The Hall–Kier alpha value is -0.730. The maximum atomic E-state index is 10.1. The van der Waals surface area contributed by atoms with E-state index in [-0.39, 0.29) is 0 Å². The third-order valence-electron chi connectivity index (χ3n) is 2.88. The number of halogens is 1. The fraction of sp³-hybridized carbons (Fsp3) is 0.538. The number of hydrogen-bond acceptors (Lipinski definition) is 2. The number of rotatable bonds is 5. The van der Waals surface area contributed by atoms with Gasteiger partial charge in [0.25, 0.3) is 0 Å². The summed E-state index contributed by atoms with van der Waals surface area (Å²) in [7, 11) is 1.59.